The van der Waals surface area contributed by atoms with Crippen molar-refractivity contribution in [3.63, 3.8) is 0 Å². The number of benzene rings is 1. The van der Waals surface area contributed by atoms with E-state index in [1.807, 2.05) is 19.9 Å². The van der Waals surface area contributed by atoms with E-state index in [0.29, 0.717) is 16.5 Å². The van der Waals surface area contributed by atoms with Crippen LogP contribution in [0.4, 0.5) is 0 Å². The molecule has 1 aromatic carbocycles. The molecule has 0 fully saturated rings. The van der Waals surface area contributed by atoms with Gasteiger partial charge >= 0.3 is 0 Å². The molecule has 0 aliphatic rings. The molecule has 8 heteroatoms. The smallest absolute Gasteiger partial charge is 0.251 e. The van der Waals surface area contributed by atoms with Crippen LogP contribution in [0.2, 0.25) is 10.0 Å². The average Bonchev–Trinajstić information content (AvgIpc) is 2.60. The number of hydrogen-bond acceptors (Lipinski definition) is 4. The molecule has 138 valence electrons. The third-order valence-electron chi connectivity index (χ3n) is 3.26. The van der Waals surface area contributed by atoms with E-state index in [-0.39, 0.29) is 30.1 Å². The van der Waals surface area contributed by atoms with Crippen molar-refractivity contribution in [2.75, 3.05) is 6.54 Å². The fraction of sp³-hybridized carbons (Fsp3) is 0.278. The first-order valence-corrected chi connectivity index (χ1v) is 8.73. The standard InChI is InChI=1S/C18H19Cl2N3O3/c1-11(2)26-18-13(4-3-7-21-18)9-22-16(24)10-23-17(25)12-5-6-14(19)15(20)8-12/h3-8,11H,9-10H2,1-2H3,(H,22,24)(H,23,25). The molecule has 2 aromatic rings. The third-order valence-corrected chi connectivity index (χ3v) is 4.00. The van der Waals surface area contributed by atoms with Gasteiger partial charge in [-0.25, -0.2) is 4.98 Å². The molecule has 0 unspecified atom stereocenters. The summed E-state index contributed by atoms with van der Waals surface area (Å²) in [5.41, 5.74) is 1.08. The molecule has 2 rings (SSSR count). The van der Waals surface area contributed by atoms with E-state index in [0.717, 1.165) is 5.56 Å². The van der Waals surface area contributed by atoms with Crippen molar-refractivity contribution in [1.29, 1.82) is 0 Å². The molecular weight excluding hydrogens is 377 g/mol. The molecule has 0 aliphatic heterocycles. The quantitative estimate of drug-likeness (QED) is 0.753. The highest BCUT2D eigenvalue weighted by Crippen LogP contribution is 2.22. The second-order valence-corrected chi connectivity index (χ2v) is 6.54. The van der Waals surface area contributed by atoms with Crippen molar-refractivity contribution in [3.05, 3.63) is 57.7 Å². The summed E-state index contributed by atoms with van der Waals surface area (Å²) < 4.78 is 5.60. The lowest BCUT2D eigenvalue weighted by Crippen LogP contribution is -2.36. The highest BCUT2D eigenvalue weighted by Gasteiger charge is 2.11. The van der Waals surface area contributed by atoms with Crippen molar-refractivity contribution >= 4 is 35.0 Å². The van der Waals surface area contributed by atoms with E-state index >= 15 is 0 Å². The molecule has 2 amide bonds. The molecule has 0 atom stereocenters. The van der Waals surface area contributed by atoms with Gasteiger partial charge in [0, 0.05) is 23.9 Å². The van der Waals surface area contributed by atoms with Crippen LogP contribution in [-0.4, -0.2) is 29.4 Å². The van der Waals surface area contributed by atoms with Crippen LogP contribution in [0.25, 0.3) is 0 Å². The Kier molecular flexibility index (Phi) is 7.24. The van der Waals surface area contributed by atoms with Gasteiger partial charge in [0.05, 0.1) is 22.7 Å². The summed E-state index contributed by atoms with van der Waals surface area (Å²) in [7, 11) is 0. The second-order valence-electron chi connectivity index (χ2n) is 5.72. The summed E-state index contributed by atoms with van der Waals surface area (Å²) in [6, 6.07) is 8.09. The summed E-state index contributed by atoms with van der Waals surface area (Å²) in [6.45, 7) is 3.88. The SMILES string of the molecule is CC(C)Oc1ncccc1CNC(=O)CNC(=O)c1ccc(Cl)c(Cl)c1. The van der Waals surface area contributed by atoms with E-state index in [2.05, 4.69) is 15.6 Å². The maximum Gasteiger partial charge on any atom is 0.251 e. The van der Waals surface area contributed by atoms with E-state index in [1.54, 1.807) is 12.3 Å². The highest BCUT2D eigenvalue weighted by atomic mass is 35.5. The predicted octanol–water partition coefficient (Wildman–Crippen LogP) is 3.22. The highest BCUT2D eigenvalue weighted by molar-refractivity contribution is 6.42. The molecule has 0 radical (unpaired) electrons. The van der Waals surface area contributed by atoms with Crippen LogP contribution in [0, 0.1) is 0 Å². The average molecular weight is 396 g/mol. The number of ether oxygens (including phenoxy) is 1. The minimum Gasteiger partial charge on any atom is -0.475 e. The van der Waals surface area contributed by atoms with Gasteiger partial charge in [0.1, 0.15) is 0 Å². The van der Waals surface area contributed by atoms with Gasteiger partial charge in [0.15, 0.2) is 0 Å². The first kappa shape index (κ1) is 20.0. The molecular formula is C18H19Cl2N3O3. The predicted molar refractivity (Wildman–Crippen MR) is 101 cm³/mol. The van der Waals surface area contributed by atoms with Gasteiger partial charge in [0.25, 0.3) is 5.91 Å². The van der Waals surface area contributed by atoms with Gasteiger partial charge in [-0.3, -0.25) is 9.59 Å². The van der Waals surface area contributed by atoms with Crippen LogP contribution in [0.3, 0.4) is 0 Å². The van der Waals surface area contributed by atoms with Crippen LogP contribution < -0.4 is 15.4 Å². The normalized spacial score (nSPS) is 10.5. The summed E-state index contributed by atoms with van der Waals surface area (Å²) in [5, 5.41) is 5.88. The van der Waals surface area contributed by atoms with Gasteiger partial charge in [0.2, 0.25) is 11.8 Å². The number of rotatable bonds is 7. The number of nitrogens with one attached hydrogen (secondary N) is 2. The first-order valence-electron chi connectivity index (χ1n) is 7.97. The molecule has 2 N–H and O–H groups in total. The minimum atomic E-state index is -0.413. The van der Waals surface area contributed by atoms with Gasteiger partial charge in [-0.15, -0.1) is 0 Å². The Bertz CT molecular complexity index is 797. The summed E-state index contributed by atoms with van der Waals surface area (Å²) in [4.78, 5) is 28.2. The number of hydrogen-bond donors (Lipinski definition) is 2. The number of nitrogens with zero attached hydrogens (tertiary/aromatic N) is 1. The van der Waals surface area contributed by atoms with Crippen LogP contribution in [-0.2, 0) is 11.3 Å². The Morgan fingerprint density at radius 3 is 2.62 bits per heavy atom. The van der Waals surface area contributed by atoms with Gasteiger partial charge in [-0.2, -0.15) is 0 Å². The maximum absolute atomic E-state index is 12.0. The van der Waals surface area contributed by atoms with Crippen molar-refractivity contribution in [3.8, 4) is 5.88 Å². The van der Waals surface area contributed by atoms with Gasteiger partial charge in [-0.1, -0.05) is 29.3 Å². The zero-order chi connectivity index (χ0) is 19.1. The number of amides is 2. The van der Waals surface area contributed by atoms with Crippen LogP contribution >= 0.6 is 23.2 Å². The molecule has 0 saturated carbocycles. The molecule has 0 saturated heterocycles. The molecule has 1 heterocycles. The Morgan fingerprint density at radius 1 is 1.15 bits per heavy atom. The topological polar surface area (TPSA) is 80.3 Å². The minimum absolute atomic E-state index is 0.0233. The summed E-state index contributed by atoms with van der Waals surface area (Å²) >= 11 is 11.7. The zero-order valence-corrected chi connectivity index (χ0v) is 15.9. The largest absolute Gasteiger partial charge is 0.475 e. The van der Waals surface area contributed by atoms with E-state index in [9.17, 15) is 9.59 Å². The summed E-state index contributed by atoms with van der Waals surface area (Å²) in [6.07, 6.45) is 1.60. The van der Waals surface area contributed by atoms with Gasteiger partial charge in [-0.05, 0) is 38.1 Å². The number of carbonyl (C=O) groups excluding carboxylic acids is 2. The van der Waals surface area contributed by atoms with E-state index in [4.69, 9.17) is 27.9 Å². The van der Waals surface area contributed by atoms with Crippen molar-refractivity contribution in [1.82, 2.24) is 15.6 Å². The van der Waals surface area contributed by atoms with Crippen LogP contribution in [0.1, 0.15) is 29.8 Å². The number of pyridine rings is 1. The lowest BCUT2D eigenvalue weighted by Gasteiger charge is -2.13. The lowest BCUT2D eigenvalue weighted by molar-refractivity contribution is -0.120. The molecule has 26 heavy (non-hydrogen) atoms. The number of carbonyl (C=O) groups is 2. The second kappa shape index (κ2) is 9.40. The Labute approximate surface area is 161 Å². The monoisotopic (exact) mass is 395 g/mol. The van der Waals surface area contributed by atoms with Crippen LogP contribution in [0.5, 0.6) is 5.88 Å². The molecule has 0 spiro atoms. The maximum atomic E-state index is 12.0. The van der Waals surface area contributed by atoms with Crippen LogP contribution in [0.15, 0.2) is 36.5 Å². The summed E-state index contributed by atoms with van der Waals surface area (Å²) in [5.74, 6) is -0.274. The van der Waals surface area contributed by atoms with Crippen molar-refractivity contribution < 1.29 is 14.3 Å². The van der Waals surface area contributed by atoms with E-state index in [1.165, 1.54) is 18.2 Å². The van der Waals surface area contributed by atoms with Gasteiger partial charge < -0.3 is 15.4 Å². The van der Waals surface area contributed by atoms with Crippen molar-refractivity contribution in [2.24, 2.45) is 0 Å². The third kappa shape index (κ3) is 5.89. The van der Waals surface area contributed by atoms with Crippen molar-refractivity contribution in [2.45, 2.75) is 26.5 Å². The van der Waals surface area contributed by atoms with E-state index < -0.39 is 5.91 Å². The molecule has 0 aliphatic carbocycles. The fourth-order valence-corrected chi connectivity index (χ4v) is 2.34. The zero-order valence-electron chi connectivity index (χ0n) is 14.4. The molecule has 1 aromatic heterocycles. The molecule has 6 nitrogen and oxygen atoms in total. The number of halogens is 2. The number of aromatic nitrogens is 1. The Morgan fingerprint density at radius 2 is 1.92 bits per heavy atom. The fourth-order valence-electron chi connectivity index (χ4n) is 2.04. The lowest BCUT2D eigenvalue weighted by atomic mass is 10.2. The Balaban J connectivity index is 1.86. The molecule has 0 bridgehead atoms. The first-order chi connectivity index (χ1) is 12.4. The Hall–Kier alpha value is -2.31.